The highest BCUT2D eigenvalue weighted by atomic mass is 79.9. The molecule has 0 unspecified atom stereocenters. The van der Waals surface area contributed by atoms with E-state index < -0.39 is 0 Å². The molecule has 0 saturated heterocycles. The van der Waals surface area contributed by atoms with E-state index in [4.69, 9.17) is 5.73 Å². The van der Waals surface area contributed by atoms with Crippen LogP contribution in [-0.2, 0) is 6.54 Å². The van der Waals surface area contributed by atoms with Crippen LogP contribution in [0.25, 0.3) is 0 Å². The van der Waals surface area contributed by atoms with Gasteiger partial charge in [-0.15, -0.1) is 11.3 Å². The molecule has 1 aromatic carbocycles. The lowest BCUT2D eigenvalue weighted by molar-refractivity contribution is 0.0950. The number of carbonyl (C=O) groups excluding carboxylic acids is 1. The lowest BCUT2D eigenvalue weighted by Crippen LogP contribution is -2.23. The zero-order chi connectivity index (χ0) is 13.1. The minimum atomic E-state index is -0.0971. The fourth-order valence-electron chi connectivity index (χ4n) is 1.59. The van der Waals surface area contributed by atoms with E-state index in [2.05, 4.69) is 21.2 Å². The Morgan fingerprint density at radius 3 is 2.89 bits per heavy atom. The van der Waals surface area contributed by atoms with Gasteiger partial charge in [0, 0.05) is 20.6 Å². The number of carbonyl (C=O) groups is 1. The van der Waals surface area contributed by atoms with Gasteiger partial charge in [-0.1, -0.05) is 6.07 Å². The summed E-state index contributed by atoms with van der Waals surface area (Å²) >= 11 is 5.05. The van der Waals surface area contributed by atoms with Gasteiger partial charge in [-0.05, 0) is 52.0 Å². The lowest BCUT2D eigenvalue weighted by atomic mass is 10.1. The Balaban J connectivity index is 2.08. The zero-order valence-electron chi connectivity index (χ0n) is 9.87. The van der Waals surface area contributed by atoms with Gasteiger partial charge in [-0.2, -0.15) is 0 Å². The minimum Gasteiger partial charge on any atom is -0.399 e. The number of rotatable bonds is 3. The number of amides is 1. The van der Waals surface area contributed by atoms with Crippen molar-refractivity contribution in [2.24, 2.45) is 0 Å². The Morgan fingerprint density at radius 1 is 1.44 bits per heavy atom. The average molecular weight is 325 g/mol. The predicted molar refractivity (Wildman–Crippen MR) is 78.8 cm³/mol. The molecule has 0 aliphatic heterocycles. The summed E-state index contributed by atoms with van der Waals surface area (Å²) in [5, 5.41) is 4.88. The molecule has 18 heavy (non-hydrogen) atoms. The van der Waals surface area contributed by atoms with Crippen molar-refractivity contribution in [3.05, 3.63) is 50.1 Å². The Bertz CT molecular complexity index is 580. The molecule has 0 spiro atoms. The third kappa shape index (κ3) is 2.91. The molecule has 0 aliphatic rings. The van der Waals surface area contributed by atoms with Gasteiger partial charge in [0.25, 0.3) is 5.91 Å². The first-order valence-electron chi connectivity index (χ1n) is 5.44. The van der Waals surface area contributed by atoms with Gasteiger partial charge in [-0.25, -0.2) is 0 Å². The maximum Gasteiger partial charge on any atom is 0.251 e. The standard InChI is InChI=1S/C13H13BrN2OS/c1-8-2-3-9(15)6-10(8)13(17)16-7-12-11(14)4-5-18-12/h2-6H,7,15H2,1H3,(H,16,17). The summed E-state index contributed by atoms with van der Waals surface area (Å²) in [6.07, 6.45) is 0. The third-order valence-corrected chi connectivity index (χ3v) is 4.53. The van der Waals surface area contributed by atoms with Crippen LogP contribution in [-0.4, -0.2) is 5.91 Å². The number of benzene rings is 1. The highest BCUT2D eigenvalue weighted by Crippen LogP contribution is 2.22. The van der Waals surface area contributed by atoms with Crippen LogP contribution in [0.4, 0.5) is 5.69 Å². The summed E-state index contributed by atoms with van der Waals surface area (Å²) in [5.41, 5.74) is 7.85. The van der Waals surface area contributed by atoms with Crippen molar-refractivity contribution < 1.29 is 4.79 Å². The molecule has 3 nitrogen and oxygen atoms in total. The van der Waals surface area contributed by atoms with Crippen LogP contribution >= 0.6 is 27.3 Å². The fraction of sp³-hybridized carbons (Fsp3) is 0.154. The van der Waals surface area contributed by atoms with Gasteiger partial charge < -0.3 is 11.1 Å². The maximum absolute atomic E-state index is 12.0. The summed E-state index contributed by atoms with van der Waals surface area (Å²) in [4.78, 5) is 13.1. The van der Waals surface area contributed by atoms with Crippen molar-refractivity contribution in [3.63, 3.8) is 0 Å². The molecule has 0 fully saturated rings. The van der Waals surface area contributed by atoms with Crippen molar-refractivity contribution in [2.45, 2.75) is 13.5 Å². The SMILES string of the molecule is Cc1ccc(N)cc1C(=O)NCc1sccc1Br. The molecule has 2 rings (SSSR count). The molecule has 0 atom stereocenters. The number of nitrogens with one attached hydrogen (secondary N) is 1. The molecule has 1 aromatic heterocycles. The second kappa shape index (κ2) is 5.54. The van der Waals surface area contributed by atoms with Crippen LogP contribution < -0.4 is 11.1 Å². The Hall–Kier alpha value is -1.33. The number of hydrogen-bond acceptors (Lipinski definition) is 3. The highest BCUT2D eigenvalue weighted by molar-refractivity contribution is 9.10. The normalized spacial score (nSPS) is 10.3. The van der Waals surface area contributed by atoms with Crippen molar-refractivity contribution >= 4 is 38.9 Å². The quantitative estimate of drug-likeness (QED) is 0.851. The number of halogens is 1. The van der Waals surface area contributed by atoms with Crippen LogP contribution in [0.5, 0.6) is 0 Å². The van der Waals surface area contributed by atoms with E-state index in [0.717, 1.165) is 14.9 Å². The summed E-state index contributed by atoms with van der Waals surface area (Å²) < 4.78 is 1.03. The summed E-state index contributed by atoms with van der Waals surface area (Å²) in [5.74, 6) is -0.0971. The first-order valence-corrected chi connectivity index (χ1v) is 7.11. The molecule has 0 saturated carbocycles. The largest absolute Gasteiger partial charge is 0.399 e. The molecule has 94 valence electrons. The number of nitrogens with two attached hydrogens (primary N) is 1. The molecule has 0 bridgehead atoms. The van der Waals surface area contributed by atoms with Gasteiger partial charge in [-0.3, -0.25) is 4.79 Å². The van der Waals surface area contributed by atoms with Gasteiger partial charge >= 0.3 is 0 Å². The van der Waals surface area contributed by atoms with Crippen LogP contribution in [0.15, 0.2) is 34.1 Å². The van der Waals surface area contributed by atoms with Crippen LogP contribution in [0.3, 0.4) is 0 Å². The van der Waals surface area contributed by atoms with E-state index in [1.807, 2.05) is 24.4 Å². The first-order chi connectivity index (χ1) is 8.58. The fourth-order valence-corrected chi connectivity index (χ4v) is 3.02. The number of thiophene rings is 1. The van der Waals surface area contributed by atoms with Gasteiger partial charge in [0.1, 0.15) is 0 Å². The molecule has 0 radical (unpaired) electrons. The second-order valence-corrected chi connectivity index (χ2v) is 5.80. The smallest absolute Gasteiger partial charge is 0.251 e. The van der Waals surface area contributed by atoms with E-state index in [9.17, 15) is 4.79 Å². The topological polar surface area (TPSA) is 55.1 Å². The second-order valence-electron chi connectivity index (χ2n) is 3.95. The summed E-state index contributed by atoms with van der Waals surface area (Å²) in [6, 6.07) is 7.32. The van der Waals surface area contributed by atoms with E-state index in [0.29, 0.717) is 17.8 Å². The van der Waals surface area contributed by atoms with Crippen LogP contribution in [0.1, 0.15) is 20.8 Å². The maximum atomic E-state index is 12.0. The van der Waals surface area contributed by atoms with Crippen LogP contribution in [0, 0.1) is 6.92 Å². The molecule has 3 N–H and O–H groups in total. The molecule has 0 aliphatic carbocycles. The molecule has 5 heteroatoms. The van der Waals surface area contributed by atoms with Crippen molar-refractivity contribution in [2.75, 3.05) is 5.73 Å². The van der Waals surface area contributed by atoms with E-state index >= 15 is 0 Å². The Labute approximate surface area is 118 Å². The molecule has 1 heterocycles. The Morgan fingerprint density at radius 2 is 2.22 bits per heavy atom. The minimum absolute atomic E-state index is 0.0971. The van der Waals surface area contributed by atoms with E-state index in [1.165, 1.54) is 0 Å². The average Bonchev–Trinajstić information content (AvgIpc) is 2.75. The molecular weight excluding hydrogens is 312 g/mol. The van der Waals surface area contributed by atoms with Crippen molar-refractivity contribution in [1.29, 1.82) is 0 Å². The first kappa shape index (κ1) is 13.1. The molecular formula is C13H13BrN2OS. The van der Waals surface area contributed by atoms with E-state index in [1.54, 1.807) is 23.5 Å². The number of hydrogen-bond donors (Lipinski definition) is 2. The third-order valence-electron chi connectivity index (χ3n) is 2.61. The monoisotopic (exact) mass is 324 g/mol. The lowest BCUT2D eigenvalue weighted by Gasteiger charge is -2.08. The predicted octanol–water partition coefficient (Wildman–Crippen LogP) is 3.33. The number of anilines is 1. The number of nitrogen functional groups attached to an aromatic ring is 1. The highest BCUT2D eigenvalue weighted by Gasteiger charge is 2.10. The van der Waals surface area contributed by atoms with Crippen molar-refractivity contribution in [3.8, 4) is 0 Å². The summed E-state index contributed by atoms with van der Waals surface area (Å²) in [7, 11) is 0. The molecule has 1 amide bonds. The number of aryl methyl sites for hydroxylation is 1. The van der Waals surface area contributed by atoms with Crippen LogP contribution in [0.2, 0.25) is 0 Å². The Kier molecular flexibility index (Phi) is 4.04. The molecule has 2 aromatic rings. The van der Waals surface area contributed by atoms with Gasteiger partial charge in [0.15, 0.2) is 0 Å². The van der Waals surface area contributed by atoms with E-state index in [-0.39, 0.29) is 5.91 Å². The zero-order valence-corrected chi connectivity index (χ0v) is 12.3. The summed E-state index contributed by atoms with van der Waals surface area (Å²) in [6.45, 7) is 2.42. The van der Waals surface area contributed by atoms with Gasteiger partial charge in [0.2, 0.25) is 0 Å². The van der Waals surface area contributed by atoms with Crippen molar-refractivity contribution in [1.82, 2.24) is 5.32 Å². The van der Waals surface area contributed by atoms with Gasteiger partial charge in [0.05, 0.1) is 6.54 Å².